The number of rotatable bonds is 10. The summed E-state index contributed by atoms with van der Waals surface area (Å²) in [6.07, 6.45) is 1.13. The van der Waals surface area contributed by atoms with Gasteiger partial charge in [0, 0.05) is 17.0 Å². The van der Waals surface area contributed by atoms with Crippen LogP contribution < -0.4 is 21.1 Å². The number of amides is 2. The molecule has 1 aromatic heterocycles. The number of carbonyl (C=O) groups is 2. The maximum Gasteiger partial charge on any atom is 0.255 e. The Kier molecular flexibility index (Phi) is 8.57. The molecule has 1 heterocycles. The summed E-state index contributed by atoms with van der Waals surface area (Å²) in [4.78, 5) is 26.8. The highest BCUT2D eigenvalue weighted by Crippen LogP contribution is 2.30. The van der Waals surface area contributed by atoms with Gasteiger partial charge in [-0.15, -0.1) is 11.3 Å². The number of thiophene rings is 1. The van der Waals surface area contributed by atoms with Crippen molar-refractivity contribution in [2.24, 2.45) is 0 Å². The minimum absolute atomic E-state index is 0.116. The van der Waals surface area contributed by atoms with Crippen LogP contribution in [0.2, 0.25) is 0 Å². The highest BCUT2D eigenvalue weighted by atomic mass is 32.2. The fourth-order valence-corrected chi connectivity index (χ4v) is 5.27. The highest BCUT2D eigenvalue weighted by Gasteiger charge is 2.22. The molecule has 3 aromatic carbocycles. The first-order chi connectivity index (χ1) is 18.2. The number of benzene rings is 3. The van der Waals surface area contributed by atoms with Gasteiger partial charge in [-0.2, -0.15) is 0 Å². The van der Waals surface area contributed by atoms with Crippen molar-refractivity contribution in [2.45, 2.75) is 19.0 Å². The molecule has 1 atom stereocenters. The van der Waals surface area contributed by atoms with Gasteiger partial charge in [-0.3, -0.25) is 9.59 Å². The number of nitrogen functional groups attached to an aromatic ring is 1. The van der Waals surface area contributed by atoms with Gasteiger partial charge in [0.1, 0.15) is 6.04 Å². The van der Waals surface area contributed by atoms with E-state index in [0.29, 0.717) is 22.5 Å². The van der Waals surface area contributed by atoms with Crippen LogP contribution in [-0.4, -0.2) is 32.5 Å². The van der Waals surface area contributed by atoms with E-state index in [-0.39, 0.29) is 18.9 Å². The Bertz CT molecular complexity index is 1500. The molecule has 0 spiro atoms. The van der Waals surface area contributed by atoms with Gasteiger partial charge in [0.05, 0.1) is 17.6 Å². The summed E-state index contributed by atoms with van der Waals surface area (Å²) in [6.45, 7) is 0.275. The van der Waals surface area contributed by atoms with Gasteiger partial charge >= 0.3 is 0 Å². The van der Waals surface area contributed by atoms with Crippen molar-refractivity contribution < 1.29 is 18.0 Å². The number of nitrogens with two attached hydrogens (primary N) is 1. The maximum absolute atomic E-state index is 12.9. The third-order valence-electron chi connectivity index (χ3n) is 5.75. The predicted molar refractivity (Wildman–Crippen MR) is 152 cm³/mol. The van der Waals surface area contributed by atoms with Crippen LogP contribution in [0.25, 0.3) is 10.4 Å². The van der Waals surface area contributed by atoms with Crippen LogP contribution in [0.3, 0.4) is 0 Å². The molecule has 0 saturated heterocycles. The summed E-state index contributed by atoms with van der Waals surface area (Å²) in [6, 6.07) is 24.4. The van der Waals surface area contributed by atoms with E-state index in [2.05, 4.69) is 15.4 Å². The van der Waals surface area contributed by atoms with Gasteiger partial charge in [0.15, 0.2) is 0 Å². The fourth-order valence-electron chi connectivity index (χ4n) is 3.84. The van der Waals surface area contributed by atoms with Gasteiger partial charge in [0.2, 0.25) is 15.9 Å². The van der Waals surface area contributed by atoms with E-state index >= 15 is 0 Å². The zero-order valence-electron chi connectivity index (χ0n) is 20.7. The summed E-state index contributed by atoms with van der Waals surface area (Å²) in [5.41, 5.74) is 9.99. The second-order valence-electron chi connectivity index (χ2n) is 8.78. The van der Waals surface area contributed by atoms with Crippen molar-refractivity contribution in [2.75, 3.05) is 17.3 Å². The standard InChI is InChI=1S/C28H28N4O4S2/c1-38(35,36)32-25(28(34)30-18-20-6-3-2-4-7-20)16-19-9-11-21(12-10-19)27(33)31-24-17-22(13-14-23(24)29)26-8-5-15-37-26/h2-15,17,25,32H,16,18,29H2,1H3,(H,30,34)(H,31,33). The average Bonchev–Trinajstić information content (AvgIpc) is 3.43. The molecule has 38 heavy (non-hydrogen) atoms. The Morgan fingerprint density at radius 3 is 2.32 bits per heavy atom. The topological polar surface area (TPSA) is 130 Å². The minimum atomic E-state index is -3.64. The van der Waals surface area contributed by atoms with E-state index in [9.17, 15) is 18.0 Å². The summed E-state index contributed by atoms with van der Waals surface area (Å²) in [5.74, 6) is -0.778. The molecule has 4 aromatic rings. The Hall–Kier alpha value is -3.99. The molecule has 0 aliphatic rings. The molecular weight excluding hydrogens is 520 g/mol. The van der Waals surface area contributed by atoms with E-state index in [1.165, 1.54) is 0 Å². The van der Waals surface area contributed by atoms with Crippen molar-refractivity contribution in [3.05, 3.63) is 107 Å². The van der Waals surface area contributed by atoms with Crippen LogP contribution in [0.4, 0.5) is 11.4 Å². The second-order valence-corrected chi connectivity index (χ2v) is 11.5. The quantitative estimate of drug-likeness (QED) is 0.222. The van der Waals surface area contributed by atoms with Crippen molar-refractivity contribution in [3.8, 4) is 10.4 Å². The van der Waals surface area contributed by atoms with Crippen LogP contribution in [0, 0.1) is 0 Å². The number of hydrogen-bond donors (Lipinski definition) is 4. The van der Waals surface area contributed by atoms with Gasteiger partial charge in [-0.25, -0.2) is 13.1 Å². The third kappa shape index (κ3) is 7.51. The molecule has 2 amide bonds. The van der Waals surface area contributed by atoms with Crippen molar-refractivity contribution in [3.63, 3.8) is 0 Å². The van der Waals surface area contributed by atoms with Gasteiger partial charge in [-0.05, 0) is 58.8 Å². The van der Waals surface area contributed by atoms with Crippen molar-refractivity contribution in [1.29, 1.82) is 0 Å². The smallest absolute Gasteiger partial charge is 0.255 e. The predicted octanol–water partition coefficient (Wildman–Crippen LogP) is 4.03. The van der Waals surface area contributed by atoms with Crippen LogP contribution in [0.5, 0.6) is 0 Å². The van der Waals surface area contributed by atoms with Crippen LogP contribution in [-0.2, 0) is 27.8 Å². The number of nitrogens with one attached hydrogen (secondary N) is 3. The molecule has 4 rings (SSSR count). The minimum Gasteiger partial charge on any atom is -0.397 e. The molecule has 10 heteroatoms. The average molecular weight is 549 g/mol. The first-order valence-electron chi connectivity index (χ1n) is 11.8. The molecular formula is C28H28N4O4S2. The van der Waals surface area contributed by atoms with Crippen molar-refractivity contribution >= 4 is 44.5 Å². The molecule has 8 nitrogen and oxygen atoms in total. The van der Waals surface area contributed by atoms with Gasteiger partial charge in [0.25, 0.3) is 5.91 Å². The molecule has 0 radical (unpaired) electrons. The Morgan fingerprint density at radius 2 is 1.66 bits per heavy atom. The molecule has 0 aliphatic carbocycles. The molecule has 5 N–H and O–H groups in total. The summed E-state index contributed by atoms with van der Waals surface area (Å²) in [7, 11) is -3.64. The van der Waals surface area contributed by atoms with Crippen LogP contribution in [0.15, 0.2) is 90.3 Å². The van der Waals surface area contributed by atoms with Crippen LogP contribution in [0.1, 0.15) is 21.5 Å². The Morgan fingerprint density at radius 1 is 0.921 bits per heavy atom. The molecule has 196 valence electrons. The number of carbonyl (C=O) groups excluding carboxylic acids is 2. The molecule has 0 saturated carbocycles. The third-order valence-corrected chi connectivity index (χ3v) is 7.38. The highest BCUT2D eigenvalue weighted by molar-refractivity contribution is 7.88. The van der Waals surface area contributed by atoms with Gasteiger partial charge < -0.3 is 16.4 Å². The number of sulfonamides is 1. The molecule has 0 bridgehead atoms. The molecule has 1 unspecified atom stereocenters. The first-order valence-corrected chi connectivity index (χ1v) is 14.6. The Labute approximate surface area is 226 Å². The second kappa shape index (κ2) is 12.0. The summed E-state index contributed by atoms with van der Waals surface area (Å²) < 4.78 is 26.2. The maximum atomic E-state index is 12.9. The summed E-state index contributed by atoms with van der Waals surface area (Å²) >= 11 is 1.59. The monoisotopic (exact) mass is 548 g/mol. The van der Waals surface area contributed by atoms with Crippen LogP contribution >= 0.6 is 11.3 Å². The normalized spacial score (nSPS) is 12.0. The molecule has 0 fully saturated rings. The van der Waals surface area contributed by atoms with E-state index in [1.807, 2.05) is 60.0 Å². The number of hydrogen-bond acceptors (Lipinski definition) is 6. The largest absolute Gasteiger partial charge is 0.397 e. The molecule has 0 aliphatic heterocycles. The van der Waals surface area contributed by atoms with E-state index in [1.54, 1.807) is 41.7 Å². The lowest BCUT2D eigenvalue weighted by Crippen LogP contribution is -2.47. The van der Waals surface area contributed by atoms with Gasteiger partial charge in [-0.1, -0.05) is 54.6 Å². The first kappa shape index (κ1) is 27.1. The van der Waals surface area contributed by atoms with E-state index in [0.717, 1.165) is 22.3 Å². The zero-order chi connectivity index (χ0) is 27.1. The van der Waals surface area contributed by atoms with E-state index < -0.39 is 22.0 Å². The lowest BCUT2D eigenvalue weighted by molar-refractivity contribution is -0.122. The van der Waals surface area contributed by atoms with E-state index in [4.69, 9.17) is 5.73 Å². The fraction of sp³-hybridized carbons (Fsp3) is 0.143. The van der Waals surface area contributed by atoms with Crippen molar-refractivity contribution in [1.82, 2.24) is 10.0 Å². The lowest BCUT2D eigenvalue weighted by Gasteiger charge is -2.18. The Balaban J connectivity index is 1.43. The zero-order valence-corrected chi connectivity index (χ0v) is 22.3. The lowest BCUT2D eigenvalue weighted by atomic mass is 10.0. The number of anilines is 2. The SMILES string of the molecule is CS(=O)(=O)NC(Cc1ccc(C(=O)Nc2cc(-c3cccs3)ccc2N)cc1)C(=O)NCc1ccccc1. The summed E-state index contributed by atoms with van der Waals surface area (Å²) in [5, 5.41) is 7.61.